The quantitative estimate of drug-likeness (QED) is 0.615. The molecule has 1 saturated heterocycles. The molecule has 4 aliphatic rings. The van der Waals surface area contributed by atoms with Gasteiger partial charge in [0.25, 0.3) is 0 Å². The van der Waals surface area contributed by atoms with Crippen LogP contribution in [0, 0.1) is 0 Å². The molecule has 1 aliphatic carbocycles. The van der Waals surface area contributed by atoms with E-state index in [4.69, 9.17) is 0 Å². The SMILES string of the molecule is O=C(NC1=CC=C2N=CC(c3cnn(C4CCNCC4)c3)=CC2N1)NC1CCCC1. The third-order valence-electron chi connectivity index (χ3n) is 6.31. The Hall–Kier alpha value is -2.87. The minimum absolute atomic E-state index is 0.0704. The van der Waals surface area contributed by atoms with Gasteiger partial charge in [0.1, 0.15) is 5.82 Å². The number of aromatic nitrogens is 2. The number of nitrogens with zero attached hydrogens (tertiary/aromatic N) is 3. The summed E-state index contributed by atoms with van der Waals surface area (Å²) in [6.45, 7) is 2.08. The summed E-state index contributed by atoms with van der Waals surface area (Å²) in [5, 5.41) is 17.4. The van der Waals surface area contributed by atoms with E-state index in [2.05, 4.69) is 48.3 Å². The van der Waals surface area contributed by atoms with Crippen LogP contribution in [0.5, 0.6) is 0 Å². The second kappa shape index (κ2) is 8.47. The fourth-order valence-corrected chi connectivity index (χ4v) is 4.60. The highest BCUT2D eigenvalue weighted by Crippen LogP contribution is 2.25. The molecule has 2 fully saturated rings. The normalized spacial score (nSPS) is 24.4. The summed E-state index contributed by atoms with van der Waals surface area (Å²) in [6.07, 6.45) is 18.6. The maximum Gasteiger partial charge on any atom is 0.320 e. The molecule has 0 radical (unpaired) electrons. The fraction of sp³-hybridized carbons (Fsp3) is 0.500. The first-order chi connectivity index (χ1) is 14.7. The van der Waals surface area contributed by atoms with Gasteiger partial charge < -0.3 is 16.0 Å². The van der Waals surface area contributed by atoms with Gasteiger partial charge >= 0.3 is 6.03 Å². The highest BCUT2D eigenvalue weighted by molar-refractivity contribution is 6.11. The highest BCUT2D eigenvalue weighted by Gasteiger charge is 2.23. The van der Waals surface area contributed by atoms with Crippen molar-refractivity contribution in [1.29, 1.82) is 0 Å². The number of fused-ring (bicyclic) bond motifs is 1. The molecule has 5 rings (SSSR count). The first-order valence-electron chi connectivity index (χ1n) is 11.0. The van der Waals surface area contributed by atoms with Crippen molar-refractivity contribution in [3.8, 4) is 0 Å². The summed E-state index contributed by atoms with van der Waals surface area (Å²) < 4.78 is 2.09. The van der Waals surface area contributed by atoms with Gasteiger partial charge in [0.15, 0.2) is 0 Å². The van der Waals surface area contributed by atoms with Crippen LogP contribution in [0.3, 0.4) is 0 Å². The number of hydrogen-bond donors (Lipinski definition) is 4. The fourth-order valence-electron chi connectivity index (χ4n) is 4.60. The first kappa shape index (κ1) is 19.1. The van der Waals surface area contributed by atoms with Crippen LogP contribution in [-0.2, 0) is 0 Å². The van der Waals surface area contributed by atoms with Crippen molar-refractivity contribution in [3.05, 3.63) is 47.7 Å². The van der Waals surface area contributed by atoms with Gasteiger partial charge in [-0.05, 0) is 57.0 Å². The molecule has 158 valence electrons. The largest absolute Gasteiger partial charge is 0.360 e. The van der Waals surface area contributed by atoms with E-state index in [1.54, 1.807) is 0 Å². The molecular weight excluding hydrogens is 378 g/mol. The Kier molecular flexibility index (Phi) is 5.40. The lowest BCUT2D eigenvalue weighted by Crippen LogP contribution is -2.46. The van der Waals surface area contributed by atoms with Crippen LogP contribution in [0.25, 0.3) is 5.57 Å². The lowest BCUT2D eigenvalue weighted by molar-refractivity contribution is 0.239. The van der Waals surface area contributed by atoms with Crippen molar-refractivity contribution >= 4 is 17.8 Å². The van der Waals surface area contributed by atoms with Gasteiger partial charge in [-0.2, -0.15) is 5.10 Å². The summed E-state index contributed by atoms with van der Waals surface area (Å²) in [7, 11) is 0. The standard InChI is InChI=1S/C22H29N7O/c30-22(26-17-3-1-2-4-17)28-21-6-5-19-20(27-21)11-15(12-24-19)16-13-25-29(14-16)18-7-9-23-10-8-18/h5-6,11-14,17-18,20,23,27H,1-4,7-10H2,(H2,26,28,30). The maximum absolute atomic E-state index is 12.3. The summed E-state index contributed by atoms with van der Waals surface area (Å²) >= 11 is 0. The number of nitrogens with one attached hydrogen (secondary N) is 4. The average Bonchev–Trinajstić information content (AvgIpc) is 3.46. The molecule has 1 atom stereocenters. The summed E-state index contributed by atoms with van der Waals surface area (Å²) in [6, 6.07) is 0.535. The minimum Gasteiger partial charge on any atom is -0.360 e. The van der Waals surface area contributed by atoms with Crippen LogP contribution in [0.4, 0.5) is 4.79 Å². The van der Waals surface area contributed by atoms with Crippen LogP contribution < -0.4 is 21.3 Å². The zero-order chi connectivity index (χ0) is 20.3. The third kappa shape index (κ3) is 4.18. The number of aliphatic imine (C=N–C) groups is 1. The van der Waals surface area contributed by atoms with Crippen LogP contribution >= 0.6 is 0 Å². The molecule has 1 unspecified atom stereocenters. The number of piperidine rings is 1. The Morgan fingerprint density at radius 3 is 2.80 bits per heavy atom. The van der Waals surface area contributed by atoms with E-state index in [9.17, 15) is 4.79 Å². The van der Waals surface area contributed by atoms with E-state index in [1.165, 1.54) is 12.8 Å². The molecule has 4 heterocycles. The molecule has 4 N–H and O–H groups in total. The molecule has 2 amide bonds. The van der Waals surface area contributed by atoms with Gasteiger partial charge in [-0.1, -0.05) is 12.8 Å². The number of hydrogen-bond acceptors (Lipinski definition) is 5. The van der Waals surface area contributed by atoms with Crippen LogP contribution in [-0.4, -0.2) is 47.2 Å². The Morgan fingerprint density at radius 2 is 1.97 bits per heavy atom. The predicted molar refractivity (Wildman–Crippen MR) is 117 cm³/mol. The van der Waals surface area contributed by atoms with E-state index in [0.29, 0.717) is 17.9 Å². The molecule has 0 spiro atoms. The molecule has 0 aromatic carbocycles. The number of dihydropyridines is 2. The van der Waals surface area contributed by atoms with Crippen molar-refractivity contribution in [3.63, 3.8) is 0 Å². The second-order valence-electron chi connectivity index (χ2n) is 8.44. The second-order valence-corrected chi connectivity index (χ2v) is 8.44. The van der Waals surface area contributed by atoms with Gasteiger partial charge in [0.05, 0.1) is 24.0 Å². The first-order valence-corrected chi connectivity index (χ1v) is 11.0. The molecule has 30 heavy (non-hydrogen) atoms. The van der Waals surface area contributed by atoms with Gasteiger partial charge in [0, 0.05) is 29.6 Å². The van der Waals surface area contributed by atoms with Crippen molar-refractivity contribution < 1.29 is 4.79 Å². The van der Waals surface area contributed by atoms with Crippen molar-refractivity contribution in [1.82, 2.24) is 31.0 Å². The predicted octanol–water partition coefficient (Wildman–Crippen LogP) is 2.21. The Morgan fingerprint density at radius 1 is 1.13 bits per heavy atom. The van der Waals surface area contributed by atoms with Crippen molar-refractivity contribution in [2.24, 2.45) is 4.99 Å². The van der Waals surface area contributed by atoms with E-state index in [0.717, 1.165) is 55.6 Å². The minimum atomic E-state index is -0.149. The number of carbonyl (C=O) groups is 1. The van der Waals surface area contributed by atoms with E-state index >= 15 is 0 Å². The molecular formula is C22H29N7O. The molecule has 1 aromatic rings. The zero-order valence-electron chi connectivity index (χ0n) is 17.1. The molecule has 8 nitrogen and oxygen atoms in total. The van der Waals surface area contributed by atoms with Gasteiger partial charge in [-0.3, -0.25) is 15.0 Å². The van der Waals surface area contributed by atoms with E-state index < -0.39 is 0 Å². The summed E-state index contributed by atoms with van der Waals surface area (Å²) in [4.78, 5) is 16.9. The number of amides is 2. The topological polar surface area (TPSA) is 95.4 Å². The Balaban J connectivity index is 1.23. The summed E-state index contributed by atoms with van der Waals surface area (Å²) in [5.74, 6) is 0.692. The zero-order valence-corrected chi connectivity index (χ0v) is 17.1. The Bertz CT molecular complexity index is 914. The number of urea groups is 1. The molecule has 8 heteroatoms. The molecule has 3 aliphatic heterocycles. The molecule has 0 bridgehead atoms. The third-order valence-corrected chi connectivity index (χ3v) is 6.31. The van der Waals surface area contributed by atoms with Gasteiger partial charge in [-0.15, -0.1) is 0 Å². The van der Waals surface area contributed by atoms with Crippen LogP contribution in [0.1, 0.15) is 50.1 Å². The average molecular weight is 408 g/mol. The molecule has 1 saturated carbocycles. The monoisotopic (exact) mass is 407 g/mol. The lowest BCUT2D eigenvalue weighted by Gasteiger charge is -2.26. The molecule has 1 aromatic heterocycles. The Labute approximate surface area is 176 Å². The number of allylic oxidation sites excluding steroid dienone is 3. The van der Waals surface area contributed by atoms with Gasteiger partial charge in [-0.25, -0.2) is 4.79 Å². The lowest BCUT2D eigenvalue weighted by atomic mass is 10.0. The summed E-state index contributed by atoms with van der Waals surface area (Å²) in [5.41, 5.74) is 3.05. The highest BCUT2D eigenvalue weighted by atomic mass is 16.2. The smallest absolute Gasteiger partial charge is 0.320 e. The number of rotatable bonds is 4. The van der Waals surface area contributed by atoms with E-state index in [-0.39, 0.29) is 12.1 Å². The van der Waals surface area contributed by atoms with Crippen molar-refractivity contribution in [2.45, 2.75) is 56.7 Å². The van der Waals surface area contributed by atoms with Gasteiger partial charge in [0.2, 0.25) is 0 Å². The van der Waals surface area contributed by atoms with Crippen LogP contribution in [0.15, 0.2) is 47.1 Å². The number of carbonyl (C=O) groups excluding carboxylic acids is 1. The maximum atomic E-state index is 12.3. The van der Waals surface area contributed by atoms with Crippen molar-refractivity contribution in [2.75, 3.05) is 13.1 Å². The van der Waals surface area contributed by atoms with Crippen LogP contribution in [0.2, 0.25) is 0 Å². The van der Waals surface area contributed by atoms with E-state index in [1.807, 2.05) is 24.6 Å².